The van der Waals surface area contributed by atoms with E-state index in [4.69, 9.17) is 4.42 Å². The molecule has 5 nitrogen and oxygen atoms in total. The van der Waals surface area contributed by atoms with Crippen LogP contribution in [-0.4, -0.2) is 23.3 Å². The van der Waals surface area contributed by atoms with Gasteiger partial charge in [-0.1, -0.05) is 24.3 Å². The van der Waals surface area contributed by atoms with Gasteiger partial charge in [0.2, 0.25) is 11.8 Å². The number of likely N-dealkylation sites (tertiary alicyclic amines) is 1. The third kappa shape index (κ3) is 3.31. The largest absolute Gasteiger partial charge is 0.467 e. The number of furan rings is 1. The molecule has 25 heavy (non-hydrogen) atoms. The molecule has 2 aromatic rings. The second-order valence-electron chi connectivity index (χ2n) is 6.91. The Morgan fingerprint density at radius 3 is 2.96 bits per heavy atom. The fourth-order valence-corrected chi connectivity index (χ4v) is 3.88. The molecule has 0 unspecified atom stereocenters. The number of carbonyl (C=O) groups excluding carboxylic acids is 2. The number of rotatable bonds is 4. The van der Waals surface area contributed by atoms with Gasteiger partial charge in [0.05, 0.1) is 24.8 Å². The Labute approximate surface area is 147 Å². The second kappa shape index (κ2) is 6.75. The van der Waals surface area contributed by atoms with Gasteiger partial charge < -0.3 is 14.6 Å². The van der Waals surface area contributed by atoms with E-state index < -0.39 is 0 Å². The molecular weight excluding hydrogens is 316 g/mol. The third-order valence-corrected chi connectivity index (χ3v) is 5.20. The predicted octanol–water partition coefficient (Wildman–Crippen LogP) is 2.82. The summed E-state index contributed by atoms with van der Waals surface area (Å²) in [5, 5.41) is 3.18. The number of carbonyl (C=O) groups is 2. The van der Waals surface area contributed by atoms with Gasteiger partial charge in [0.25, 0.3) is 0 Å². The normalized spacial score (nSPS) is 22.7. The summed E-state index contributed by atoms with van der Waals surface area (Å²) in [6.07, 6.45) is 4.98. The van der Waals surface area contributed by atoms with Crippen molar-refractivity contribution in [1.82, 2.24) is 10.2 Å². The van der Waals surface area contributed by atoms with E-state index in [1.54, 1.807) is 17.2 Å². The second-order valence-corrected chi connectivity index (χ2v) is 6.91. The van der Waals surface area contributed by atoms with Crippen molar-refractivity contribution < 1.29 is 14.0 Å². The Bertz CT molecular complexity index is 769. The number of benzene rings is 1. The van der Waals surface area contributed by atoms with E-state index in [9.17, 15) is 9.59 Å². The zero-order valence-corrected chi connectivity index (χ0v) is 14.1. The lowest BCUT2D eigenvalue weighted by molar-refractivity contribution is -0.129. The Kier molecular flexibility index (Phi) is 4.30. The molecule has 1 aromatic carbocycles. The first-order valence-corrected chi connectivity index (χ1v) is 8.89. The Hall–Kier alpha value is -2.56. The molecule has 5 heteroatoms. The van der Waals surface area contributed by atoms with Crippen LogP contribution in [-0.2, 0) is 22.6 Å². The molecule has 2 amide bonds. The van der Waals surface area contributed by atoms with Crippen LogP contribution in [0.2, 0.25) is 0 Å². The van der Waals surface area contributed by atoms with Crippen LogP contribution < -0.4 is 5.32 Å². The highest BCUT2D eigenvalue weighted by Crippen LogP contribution is 2.30. The summed E-state index contributed by atoms with van der Waals surface area (Å²) in [4.78, 5) is 26.6. The minimum Gasteiger partial charge on any atom is -0.467 e. The maximum atomic E-state index is 12.7. The van der Waals surface area contributed by atoms with Crippen molar-refractivity contribution in [2.24, 2.45) is 5.92 Å². The Balaban J connectivity index is 1.40. The van der Waals surface area contributed by atoms with Crippen LogP contribution in [0.25, 0.3) is 0 Å². The summed E-state index contributed by atoms with van der Waals surface area (Å²) < 4.78 is 5.31. The van der Waals surface area contributed by atoms with E-state index in [0.29, 0.717) is 13.1 Å². The van der Waals surface area contributed by atoms with Crippen LogP contribution in [0.1, 0.15) is 42.2 Å². The number of hydrogen-bond donors (Lipinski definition) is 1. The van der Waals surface area contributed by atoms with E-state index in [1.165, 1.54) is 11.1 Å². The molecule has 0 radical (unpaired) electrons. The first-order valence-electron chi connectivity index (χ1n) is 8.89. The Morgan fingerprint density at radius 1 is 1.24 bits per heavy atom. The van der Waals surface area contributed by atoms with E-state index in [-0.39, 0.29) is 30.2 Å². The number of nitrogens with zero attached hydrogens (tertiary/aromatic N) is 1. The number of aryl methyl sites for hydroxylation is 1. The van der Waals surface area contributed by atoms with Crippen LogP contribution in [0, 0.1) is 5.92 Å². The molecule has 1 saturated heterocycles. The van der Waals surface area contributed by atoms with E-state index in [1.807, 2.05) is 18.2 Å². The topological polar surface area (TPSA) is 62.6 Å². The van der Waals surface area contributed by atoms with Crippen LogP contribution in [0.3, 0.4) is 0 Å². The fraction of sp³-hybridized carbons (Fsp3) is 0.400. The SMILES string of the molecule is O=C(N[C@@H]1CCCc2ccccc21)[C@H]1CC(=O)N(Cc2ccco2)C1. The van der Waals surface area contributed by atoms with Crippen molar-refractivity contribution in [2.45, 2.75) is 38.3 Å². The summed E-state index contributed by atoms with van der Waals surface area (Å²) in [6, 6.07) is 12.0. The molecule has 1 fully saturated rings. The number of hydrogen-bond acceptors (Lipinski definition) is 3. The molecule has 0 saturated carbocycles. The average Bonchev–Trinajstić information content (AvgIpc) is 3.26. The minimum absolute atomic E-state index is 0.0144. The highest BCUT2D eigenvalue weighted by atomic mass is 16.3. The summed E-state index contributed by atoms with van der Waals surface area (Å²) in [5.41, 5.74) is 2.54. The standard InChI is InChI=1S/C20H22N2O3/c23-19-11-15(12-22(19)13-16-7-4-10-25-16)20(24)21-18-9-3-6-14-5-1-2-8-17(14)18/h1-2,4-5,7-8,10,15,18H,3,6,9,11-13H2,(H,21,24)/t15-,18+/m0/s1. The highest BCUT2D eigenvalue weighted by molar-refractivity contribution is 5.89. The molecule has 1 aliphatic carbocycles. The maximum Gasteiger partial charge on any atom is 0.225 e. The molecule has 2 aliphatic rings. The molecule has 2 atom stereocenters. The molecular formula is C20H22N2O3. The van der Waals surface area contributed by atoms with Gasteiger partial charge in [0, 0.05) is 13.0 Å². The van der Waals surface area contributed by atoms with Crippen molar-refractivity contribution in [2.75, 3.05) is 6.54 Å². The maximum absolute atomic E-state index is 12.7. The van der Waals surface area contributed by atoms with Crippen LogP contribution in [0.15, 0.2) is 47.1 Å². The van der Waals surface area contributed by atoms with Gasteiger partial charge in [-0.05, 0) is 42.5 Å². The summed E-state index contributed by atoms with van der Waals surface area (Å²) >= 11 is 0. The molecule has 1 aliphatic heterocycles. The molecule has 1 aromatic heterocycles. The third-order valence-electron chi connectivity index (χ3n) is 5.20. The lowest BCUT2D eigenvalue weighted by Gasteiger charge is -2.27. The number of amides is 2. The number of nitrogens with one attached hydrogen (secondary N) is 1. The van der Waals surface area contributed by atoms with Crippen molar-refractivity contribution in [3.8, 4) is 0 Å². The van der Waals surface area contributed by atoms with Crippen molar-refractivity contribution >= 4 is 11.8 Å². The summed E-state index contributed by atoms with van der Waals surface area (Å²) in [6.45, 7) is 0.890. The molecule has 130 valence electrons. The van der Waals surface area contributed by atoms with Gasteiger partial charge in [-0.15, -0.1) is 0 Å². The lowest BCUT2D eigenvalue weighted by Crippen LogP contribution is -2.36. The van der Waals surface area contributed by atoms with E-state index in [2.05, 4.69) is 17.4 Å². The first kappa shape index (κ1) is 15.9. The molecule has 2 heterocycles. The van der Waals surface area contributed by atoms with Gasteiger partial charge in [-0.2, -0.15) is 0 Å². The van der Waals surface area contributed by atoms with Crippen LogP contribution >= 0.6 is 0 Å². The number of fused-ring (bicyclic) bond motifs is 1. The summed E-state index contributed by atoms with van der Waals surface area (Å²) in [7, 11) is 0. The monoisotopic (exact) mass is 338 g/mol. The van der Waals surface area contributed by atoms with Gasteiger partial charge in [-0.3, -0.25) is 9.59 Å². The quantitative estimate of drug-likeness (QED) is 0.932. The van der Waals surface area contributed by atoms with Gasteiger partial charge >= 0.3 is 0 Å². The predicted molar refractivity (Wildman–Crippen MR) is 92.5 cm³/mol. The molecule has 0 bridgehead atoms. The van der Waals surface area contributed by atoms with Gasteiger partial charge in [0.1, 0.15) is 5.76 Å². The highest BCUT2D eigenvalue weighted by Gasteiger charge is 2.35. The molecule has 0 spiro atoms. The molecule has 4 rings (SSSR count). The van der Waals surface area contributed by atoms with Crippen molar-refractivity contribution in [1.29, 1.82) is 0 Å². The van der Waals surface area contributed by atoms with E-state index in [0.717, 1.165) is 25.0 Å². The summed E-state index contributed by atoms with van der Waals surface area (Å²) in [5.74, 6) is 0.463. The fourth-order valence-electron chi connectivity index (χ4n) is 3.88. The van der Waals surface area contributed by atoms with Crippen LogP contribution in [0.5, 0.6) is 0 Å². The van der Waals surface area contributed by atoms with Crippen molar-refractivity contribution in [3.63, 3.8) is 0 Å². The zero-order valence-electron chi connectivity index (χ0n) is 14.1. The minimum atomic E-state index is -0.281. The first-order chi connectivity index (χ1) is 12.2. The van der Waals surface area contributed by atoms with E-state index >= 15 is 0 Å². The lowest BCUT2D eigenvalue weighted by atomic mass is 9.87. The van der Waals surface area contributed by atoms with Crippen molar-refractivity contribution in [3.05, 3.63) is 59.5 Å². The zero-order chi connectivity index (χ0) is 17.2. The smallest absolute Gasteiger partial charge is 0.225 e. The van der Waals surface area contributed by atoms with Crippen LogP contribution in [0.4, 0.5) is 0 Å². The average molecular weight is 338 g/mol. The van der Waals surface area contributed by atoms with Gasteiger partial charge in [0.15, 0.2) is 0 Å². The van der Waals surface area contributed by atoms with Gasteiger partial charge in [-0.25, -0.2) is 0 Å². The Morgan fingerprint density at radius 2 is 2.12 bits per heavy atom. The molecule has 1 N–H and O–H groups in total.